The first-order chi connectivity index (χ1) is 13.6. The first kappa shape index (κ1) is 20.2. The minimum atomic E-state index is -4.54. The standard InChI is InChI=1S/C19H17F3N4O3/c1-4-5-6-10-26-14-15(24(2)18(28)25(3)16(14)27)23-17(26)29-13-9-7-8-12(11-13)19(20,21)22/h4-9,11H,1,10H2,2-3H3/b6-5+. The van der Waals surface area contributed by atoms with Crippen molar-refractivity contribution in [1.29, 1.82) is 0 Å². The minimum absolute atomic E-state index is 0.0621. The molecule has 0 aliphatic heterocycles. The Kier molecular flexibility index (Phi) is 5.19. The molecule has 0 atom stereocenters. The molecule has 0 aliphatic carbocycles. The average Bonchev–Trinajstić information content (AvgIpc) is 3.03. The number of alkyl halides is 3. The molecule has 2 heterocycles. The summed E-state index contributed by atoms with van der Waals surface area (Å²) in [5.74, 6) is -0.106. The number of nitrogens with zero attached hydrogens (tertiary/aromatic N) is 4. The molecule has 0 amide bonds. The second kappa shape index (κ2) is 7.46. The van der Waals surface area contributed by atoms with Gasteiger partial charge in [0.25, 0.3) is 5.56 Å². The second-order valence-corrected chi connectivity index (χ2v) is 6.17. The summed E-state index contributed by atoms with van der Waals surface area (Å²) in [6.07, 6.45) is 0.288. The molecule has 0 unspecified atom stereocenters. The molecule has 0 spiro atoms. The number of allylic oxidation sites excluding steroid dienone is 3. The summed E-state index contributed by atoms with van der Waals surface area (Å²) in [6.45, 7) is 3.69. The van der Waals surface area contributed by atoms with E-state index in [1.165, 1.54) is 41.4 Å². The number of imidazole rings is 1. The molecule has 0 fully saturated rings. The van der Waals surface area contributed by atoms with Gasteiger partial charge in [-0.1, -0.05) is 30.9 Å². The highest BCUT2D eigenvalue weighted by atomic mass is 19.4. The largest absolute Gasteiger partial charge is 0.425 e. The van der Waals surface area contributed by atoms with Gasteiger partial charge in [-0.2, -0.15) is 18.2 Å². The quantitative estimate of drug-likeness (QED) is 0.611. The topological polar surface area (TPSA) is 71.1 Å². The van der Waals surface area contributed by atoms with Crippen LogP contribution in [0.1, 0.15) is 5.56 Å². The van der Waals surface area contributed by atoms with E-state index < -0.39 is 23.0 Å². The van der Waals surface area contributed by atoms with E-state index >= 15 is 0 Å². The second-order valence-electron chi connectivity index (χ2n) is 6.17. The van der Waals surface area contributed by atoms with Crippen LogP contribution in [0.4, 0.5) is 13.2 Å². The first-order valence-electron chi connectivity index (χ1n) is 8.44. The first-order valence-corrected chi connectivity index (χ1v) is 8.44. The molecule has 3 aromatic rings. The fourth-order valence-corrected chi connectivity index (χ4v) is 2.78. The SMILES string of the molecule is C=C/C=C/Cn1c(Oc2cccc(C(F)(F)F)c2)nc2c1c(=O)n(C)c(=O)n2C. The molecule has 0 aliphatic rings. The molecular weight excluding hydrogens is 389 g/mol. The summed E-state index contributed by atoms with van der Waals surface area (Å²) < 4.78 is 48.0. The van der Waals surface area contributed by atoms with Gasteiger partial charge in [-0.15, -0.1) is 0 Å². The Morgan fingerprint density at radius 3 is 2.59 bits per heavy atom. The molecule has 0 bridgehead atoms. The average molecular weight is 406 g/mol. The van der Waals surface area contributed by atoms with E-state index in [-0.39, 0.29) is 29.5 Å². The van der Waals surface area contributed by atoms with Crippen molar-refractivity contribution in [2.45, 2.75) is 12.7 Å². The van der Waals surface area contributed by atoms with Crippen molar-refractivity contribution in [2.24, 2.45) is 14.1 Å². The molecule has 3 rings (SSSR count). The number of fused-ring (bicyclic) bond motifs is 1. The van der Waals surface area contributed by atoms with Gasteiger partial charge in [0.15, 0.2) is 11.2 Å². The lowest BCUT2D eigenvalue weighted by molar-refractivity contribution is -0.137. The van der Waals surface area contributed by atoms with Crippen LogP contribution in [0.3, 0.4) is 0 Å². The van der Waals surface area contributed by atoms with E-state index in [4.69, 9.17) is 4.74 Å². The van der Waals surface area contributed by atoms with E-state index in [1.807, 2.05) is 0 Å². The van der Waals surface area contributed by atoms with Gasteiger partial charge in [0.1, 0.15) is 5.75 Å². The molecule has 152 valence electrons. The Bertz CT molecular complexity index is 1230. The van der Waals surface area contributed by atoms with Crippen LogP contribution in [0.2, 0.25) is 0 Å². The van der Waals surface area contributed by atoms with E-state index in [2.05, 4.69) is 11.6 Å². The zero-order valence-electron chi connectivity index (χ0n) is 15.6. The van der Waals surface area contributed by atoms with Crippen LogP contribution in [0.5, 0.6) is 11.8 Å². The molecule has 0 N–H and O–H groups in total. The van der Waals surface area contributed by atoms with Gasteiger partial charge in [-0.05, 0) is 18.2 Å². The van der Waals surface area contributed by atoms with Gasteiger partial charge >= 0.3 is 17.9 Å². The minimum Gasteiger partial charge on any atom is -0.425 e. The predicted octanol–water partition coefficient (Wildman–Crippen LogP) is 2.99. The van der Waals surface area contributed by atoms with E-state index in [1.54, 1.807) is 12.2 Å². The number of benzene rings is 1. The third-order valence-electron chi connectivity index (χ3n) is 4.24. The molecule has 2 aromatic heterocycles. The monoisotopic (exact) mass is 406 g/mol. The Morgan fingerprint density at radius 1 is 1.21 bits per heavy atom. The van der Waals surface area contributed by atoms with Crippen LogP contribution in [-0.2, 0) is 26.8 Å². The van der Waals surface area contributed by atoms with Crippen molar-refractivity contribution >= 4 is 11.2 Å². The highest BCUT2D eigenvalue weighted by molar-refractivity contribution is 5.72. The third-order valence-corrected chi connectivity index (χ3v) is 4.24. The zero-order valence-corrected chi connectivity index (χ0v) is 15.6. The molecule has 0 saturated heterocycles. The highest BCUT2D eigenvalue weighted by Gasteiger charge is 2.31. The molecule has 10 heteroatoms. The van der Waals surface area contributed by atoms with Gasteiger partial charge in [-0.25, -0.2) is 4.79 Å². The van der Waals surface area contributed by atoms with Gasteiger partial charge < -0.3 is 4.74 Å². The van der Waals surface area contributed by atoms with Crippen LogP contribution < -0.4 is 16.0 Å². The summed E-state index contributed by atoms with van der Waals surface area (Å²) in [7, 11) is 2.77. The summed E-state index contributed by atoms with van der Waals surface area (Å²) in [6, 6.07) is 4.18. The lowest BCUT2D eigenvalue weighted by Gasteiger charge is -2.10. The summed E-state index contributed by atoms with van der Waals surface area (Å²) in [5, 5.41) is 0. The number of ether oxygens (including phenoxy) is 1. The van der Waals surface area contributed by atoms with Gasteiger partial charge in [0.2, 0.25) is 0 Å². The molecule has 0 radical (unpaired) electrons. The smallest absolute Gasteiger partial charge is 0.416 e. The molecule has 0 saturated carbocycles. The Hall–Kier alpha value is -3.56. The van der Waals surface area contributed by atoms with Crippen LogP contribution in [0.25, 0.3) is 11.2 Å². The Balaban J connectivity index is 2.20. The van der Waals surface area contributed by atoms with E-state index in [0.29, 0.717) is 0 Å². The fourth-order valence-electron chi connectivity index (χ4n) is 2.78. The fraction of sp³-hybridized carbons (Fsp3) is 0.211. The van der Waals surface area contributed by atoms with Crippen LogP contribution in [0, 0.1) is 0 Å². The highest BCUT2D eigenvalue weighted by Crippen LogP contribution is 2.33. The predicted molar refractivity (Wildman–Crippen MR) is 101 cm³/mol. The van der Waals surface area contributed by atoms with Crippen LogP contribution in [0.15, 0.2) is 58.7 Å². The van der Waals surface area contributed by atoms with E-state index in [0.717, 1.165) is 16.7 Å². The molecule has 7 nitrogen and oxygen atoms in total. The van der Waals surface area contributed by atoms with Gasteiger partial charge in [0.05, 0.1) is 5.56 Å². The zero-order chi connectivity index (χ0) is 21.3. The van der Waals surface area contributed by atoms with Crippen molar-refractivity contribution in [3.63, 3.8) is 0 Å². The third kappa shape index (κ3) is 3.73. The number of rotatable bonds is 5. The van der Waals surface area contributed by atoms with Gasteiger partial charge in [0, 0.05) is 20.6 Å². The summed E-state index contributed by atoms with van der Waals surface area (Å²) >= 11 is 0. The summed E-state index contributed by atoms with van der Waals surface area (Å²) in [5.41, 5.74) is -1.91. The van der Waals surface area contributed by atoms with Crippen molar-refractivity contribution < 1.29 is 17.9 Å². The molecular formula is C19H17F3N4O3. The Morgan fingerprint density at radius 2 is 1.93 bits per heavy atom. The van der Waals surface area contributed by atoms with Crippen LogP contribution in [-0.4, -0.2) is 18.7 Å². The number of aryl methyl sites for hydroxylation is 1. The van der Waals surface area contributed by atoms with Crippen molar-refractivity contribution in [1.82, 2.24) is 18.7 Å². The lowest BCUT2D eigenvalue weighted by Crippen LogP contribution is -2.37. The molecule has 29 heavy (non-hydrogen) atoms. The number of hydrogen-bond acceptors (Lipinski definition) is 4. The molecule has 1 aromatic carbocycles. The summed E-state index contributed by atoms with van der Waals surface area (Å²) in [4.78, 5) is 29.0. The Labute approximate surface area is 162 Å². The number of halogens is 3. The maximum atomic E-state index is 13.0. The van der Waals surface area contributed by atoms with Crippen molar-refractivity contribution in [2.75, 3.05) is 0 Å². The normalized spacial score (nSPS) is 12.0. The van der Waals surface area contributed by atoms with Crippen LogP contribution >= 0.6 is 0 Å². The van der Waals surface area contributed by atoms with Gasteiger partial charge in [-0.3, -0.25) is 18.5 Å². The lowest BCUT2D eigenvalue weighted by atomic mass is 10.2. The number of hydrogen-bond donors (Lipinski definition) is 0. The number of aromatic nitrogens is 4. The van der Waals surface area contributed by atoms with E-state index in [9.17, 15) is 22.8 Å². The van der Waals surface area contributed by atoms with Crippen molar-refractivity contribution in [3.8, 4) is 11.8 Å². The maximum Gasteiger partial charge on any atom is 0.416 e. The van der Waals surface area contributed by atoms with Crippen molar-refractivity contribution in [3.05, 3.63) is 75.5 Å². The maximum absolute atomic E-state index is 13.0.